The van der Waals surface area contributed by atoms with Gasteiger partial charge < -0.3 is 0 Å². The van der Waals surface area contributed by atoms with E-state index < -0.39 is 0 Å². The predicted octanol–water partition coefficient (Wildman–Crippen LogP) is 7.45. The zero-order valence-electron chi connectivity index (χ0n) is 12.8. The molecule has 0 fully saturated rings. The molecule has 2 aliphatic heterocycles. The molecule has 0 saturated carbocycles. The Hall–Kier alpha value is -0.420. The molecule has 0 bridgehead atoms. The van der Waals surface area contributed by atoms with Crippen LogP contribution in [-0.4, -0.2) is 0 Å². The summed E-state index contributed by atoms with van der Waals surface area (Å²) in [5.41, 5.74) is 5.80. The van der Waals surface area contributed by atoms with Crippen molar-refractivity contribution in [2.24, 2.45) is 0 Å². The maximum atomic E-state index is 2.34. The van der Waals surface area contributed by atoms with Gasteiger partial charge in [-0.2, -0.15) is 0 Å². The van der Waals surface area contributed by atoms with E-state index in [4.69, 9.17) is 0 Å². The minimum Gasteiger partial charge on any atom is -0.0584 e. The van der Waals surface area contributed by atoms with Gasteiger partial charge >= 0.3 is 0 Å². The van der Waals surface area contributed by atoms with Crippen LogP contribution in [0.3, 0.4) is 0 Å². The van der Waals surface area contributed by atoms with Crippen LogP contribution in [0.5, 0.6) is 0 Å². The lowest BCUT2D eigenvalue weighted by atomic mass is 9.94. The van der Waals surface area contributed by atoms with Crippen molar-refractivity contribution in [3.05, 3.63) is 34.4 Å². The first-order valence-corrected chi connectivity index (χ1v) is 11.6. The second-order valence-electron chi connectivity index (χ2n) is 6.08. The Morgan fingerprint density at radius 2 is 1.09 bits per heavy atom. The van der Waals surface area contributed by atoms with Crippen molar-refractivity contribution in [1.29, 1.82) is 0 Å². The van der Waals surface area contributed by atoms with Gasteiger partial charge in [-0.3, -0.25) is 0 Å². The topological polar surface area (TPSA) is 0 Å². The molecule has 4 heteroatoms. The molecule has 0 atom stereocenters. The molecule has 2 heterocycles. The fourth-order valence-electron chi connectivity index (χ4n) is 3.48. The van der Waals surface area contributed by atoms with Gasteiger partial charge in [-0.15, -0.1) is 0 Å². The highest BCUT2D eigenvalue weighted by atomic mass is 33.1. The van der Waals surface area contributed by atoms with Crippen molar-refractivity contribution in [3.8, 4) is 0 Å². The van der Waals surface area contributed by atoms with E-state index in [2.05, 4.69) is 39.8 Å². The number of fused-ring (bicyclic) bond motifs is 3. The molecule has 0 spiro atoms. The van der Waals surface area contributed by atoms with E-state index in [0.29, 0.717) is 0 Å². The quantitative estimate of drug-likeness (QED) is 0.302. The lowest BCUT2D eigenvalue weighted by Crippen LogP contribution is -1.92. The van der Waals surface area contributed by atoms with Crippen molar-refractivity contribution in [1.82, 2.24) is 0 Å². The maximum Gasteiger partial charge on any atom is 0.0358 e. The minimum atomic E-state index is 1.40. The summed E-state index contributed by atoms with van der Waals surface area (Å²) in [4.78, 5) is 6.00. The standard InChI is InChI=1S/C18H14S4/c1-7-5-6-11-12(8(7)2)18-14-13-15(19-21-17(11)13)9(3)10(4)16(14)20-22-18/h5-6H,1-4H3. The molecule has 0 radical (unpaired) electrons. The first-order valence-electron chi connectivity index (χ1n) is 7.31. The largest absolute Gasteiger partial charge is 0.0584 e. The van der Waals surface area contributed by atoms with Crippen LogP contribution < -0.4 is 0 Å². The van der Waals surface area contributed by atoms with Gasteiger partial charge in [0.15, 0.2) is 0 Å². The van der Waals surface area contributed by atoms with E-state index in [1.54, 1.807) is 0 Å². The smallest absolute Gasteiger partial charge is 0.0358 e. The van der Waals surface area contributed by atoms with Crippen molar-refractivity contribution < 1.29 is 0 Å². The Bertz CT molecular complexity index is 1020. The Morgan fingerprint density at radius 1 is 0.545 bits per heavy atom. The van der Waals surface area contributed by atoms with Crippen LogP contribution >= 0.6 is 43.2 Å². The maximum absolute atomic E-state index is 2.34. The number of hydrogen-bond donors (Lipinski definition) is 0. The molecule has 0 unspecified atom stereocenters. The highest BCUT2D eigenvalue weighted by Gasteiger charge is 2.31. The molecular weight excluding hydrogens is 344 g/mol. The lowest BCUT2D eigenvalue weighted by molar-refractivity contribution is 1.19. The third-order valence-corrected chi connectivity index (χ3v) is 10.2. The Morgan fingerprint density at radius 3 is 1.77 bits per heavy atom. The lowest BCUT2D eigenvalue weighted by Gasteiger charge is -2.14. The summed E-state index contributed by atoms with van der Waals surface area (Å²) in [6, 6.07) is 4.62. The number of hydrogen-bond acceptors (Lipinski definition) is 4. The molecule has 5 rings (SSSR count). The van der Waals surface area contributed by atoms with E-state index in [-0.39, 0.29) is 0 Å². The second-order valence-corrected chi connectivity index (χ2v) is 10.4. The number of rotatable bonds is 0. The summed E-state index contributed by atoms with van der Waals surface area (Å²) >= 11 is 0. The van der Waals surface area contributed by atoms with Crippen molar-refractivity contribution in [2.75, 3.05) is 0 Å². The van der Waals surface area contributed by atoms with Crippen LogP contribution in [0.4, 0.5) is 0 Å². The Labute approximate surface area is 146 Å². The second kappa shape index (κ2) is 4.56. The van der Waals surface area contributed by atoms with E-state index in [0.717, 1.165) is 0 Å². The summed E-state index contributed by atoms with van der Waals surface area (Å²) in [6.07, 6.45) is 0. The number of benzene rings is 3. The van der Waals surface area contributed by atoms with Gasteiger partial charge in [-0.1, -0.05) is 55.3 Å². The first-order chi connectivity index (χ1) is 10.6. The van der Waals surface area contributed by atoms with Crippen LogP contribution in [0.2, 0.25) is 0 Å². The molecular formula is C18H14S4. The van der Waals surface area contributed by atoms with Gasteiger partial charge in [0.1, 0.15) is 0 Å². The van der Waals surface area contributed by atoms with Crippen LogP contribution in [-0.2, 0) is 0 Å². The molecule has 22 heavy (non-hydrogen) atoms. The van der Waals surface area contributed by atoms with Gasteiger partial charge in [0.2, 0.25) is 0 Å². The van der Waals surface area contributed by atoms with Gasteiger partial charge in [0, 0.05) is 35.7 Å². The average molecular weight is 359 g/mol. The third kappa shape index (κ3) is 1.52. The Kier molecular flexibility index (Phi) is 2.90. The van der Waals surface area contributed by atoms with Gasteiger partial charge in [0.25, 0.3) is 0 Å². The molecule has 2 aliphatic rings. The summed E-state index contributed by atoms with van der Waals surface area (Å²) in [6.45, 7) is 9.09. The summed E-state index contributed by atoms with van der Waals surface area (Å²) in [5, 5.41) is 5.99. The van der Waals surface area contributed by atoms with E-state index >= 15 is 0 Å². The van der Waals surface area contributed by atoms with Gasteiger partial charge in [-0.05, 0) is 55.3 Å². The van der Waals surface area contributed by atoms with Crippen LogP contribution in [0.1, 0.15) is 22.3 Å². The molecule has 0 nitrogen and oxygen atoms in total. The van der Waals surface area contributed by atoms with Crippen LogP contribution in [0.25, 0.3) is 21.5 Å². The molecule has 0 N–H and O–H groups in total. The Balaban J connectivity index is 2.16. The zero-order chi connectivity index (χ0) is 15.2. The summed E-state index contributed by atoms with van der Waals surface area (Å²) in [5.74, 6) is 0. The van der Waals surface area contributed by atoms with E-state index in [1.807, 2.05) is 43.2 Å². The minimum absolute atomic E-state index is 1.40. The average Bonchev–Trinajstić information content (AvgIpc) is 3.11. The van der Waals surface area contributed by atoms with Crippen molar-refractivity contribution >= 4 is 64.7 Å². The highest BCUT2D eigenvalue weighted by molar-refractivity contribution is 8.77. The highest BCUT2D eigenvalue weighted by Crippen LogP contribution is 2.65. The van der Waals surface area contributed by atoms with E-state index in [9.17, 15) is 0 Å². The fraction of sp³-hybridized carbons (Fsp3) is 0.222. The third-order valence-electron chi connectivity index (χ3n) is 5.03. The zero-order valence-corrected chi connectivity index (χ0v) is 16.1. The van der Waals surface area contributed by atoms with Gasteiger partial charge in [0.05, 0.1) is 0 Å². The van der Waals surface area contributed by atoms with Gasteiger partial charge in [-0.25, -0.2) is 0 Å². The monoisotopic (exact) mass is 358 g/mol. The van der Waals surface area contributed by atoms with Crippen LogP contribution in [0.15, 0.2) is 31.7 Å². The number of aryl methyl sites for hydroxylation is 2. The molecule has 0 aliphatic carbocycles. The first kappa shape index (κ1) is 14.0. The normalized spacial score (nSPS) is 15.5. The molecule has 3 aromatic rings. The van der Waals surface area contributed by atoms with Crippen molar-refractivity contribution in [3.63, 3.8) is 0 Å². The molecule has 3 aromatic carbocycles. The van der Waals surface area contributed by atoms with E-state index in [1.165, 1.54) is 63.4 Å². The summed E-state index contributed by atoms with van der Waals surface area (Å²) < 4.78 is 0. The molecule has 0 aromatic heterocycles. The van der Waals surface area contributed by atoms with Crippen molar-refractivity contribution in [2.45, 2.75) is 47.3 Å². The SMILES string of the molecule is Cc1ccc2c3c4c(c(C)c(C)c5c4c(c2c1C)SS5)SS3. The molecule has 110 valence electrons. The van der Waals surface area contributed by atoms with Crippen LogP contribution in [0, 0.1) is 27.7 Å². The summed E-state index contributed by atoms with van der Waals surface area (Å²) in [7, 11) is 7.84. The molecule has 0 amide bonds. The molecule has 0 saturated heterocycles. The predicted molar refractivity (Wildman–Crippen MR) is 104 cm³/mol. The fourth-order valence-corrected chi connectivity index (χ4v) is 9.52.